The summed E-state index contributed by atoms with van der Waals surface area (Å²) in [6.07, 6.45) is 9.25. The fourth-order valence-electron chi connectivity index (χ4n) is 6.28. The molecule has 2 aromatic rings. The van der Waals surface area contributed by atoms with E-state index in [1.807, 2.05) is 0 Å². The van der Waals surface area contributed by atoms with Gasteiger partial charge in [0.05, 0.1) is 12.2 Å². The first kappa shape index (κ1) is 29.4. The maximum absolute atomic E-state index is 14.8. The van der Waals surface area contributed by atoms with Crippen LogP contribution in [0.4, 0.5) is 26.3 Å². The molecule has 1 nitrogen and oxygen atoms in total. The quantitative estimate of drug-likeness (QED) is 0.235. The standard InChI is InChI=1S/C32H36F6O/c1-2-3-4-21-5-9-23(10-6-21)24-11-7-22(8-12-24)20-39-26-13-14-27(31(35)19-26)25-17-29(33)28(30(34)18-25)15-16-32(36,37)38/h13-14,17-19,21-24H,2-12,20H2,1H3. The first-order valence-electron chi connectivity index (χ1n) is 14.1. The van der Waals surface area contributed by atoms with E-state index in [4.69, 9.17) is 4.74 Å². The van der Waals surface area contributed by atoms with Crippen molar-refractivity contribution in [3.8, 4) is 28.7 Å². The normalized spacial score (nSPS) is 23.7. The van der Waals surface area contributed by atoms with Crippen molar-refractivity contribution in [3.05, 3.63) is 53.3 Å². The number of hydrogen-bond acceptors (Lipinski definition) is 1. The van der Waals surface area contributed by atoms with Crippen LogP contribution in [0.2, 0.25) is 0 Å². The number of unbranched alkanes of at least 4 members (excludes halogenated alkanes) is 1. The third-order valence-electron chi connectivity index (χ3n) is 8.52. The molecule has 212 valence electrons. The van der Waals surface area contributed by atoms with Crippen molar-refractivity contribution in [3.63, 3.8) is 0 Å². The fourth-order valence-corrected chi connectivity index (χ4v) is 6.28. The lowest BCUT2D eigenvalue weighted by Gasteiger charge is -2.38. The highest BCUT2D eigenvalue weighted by atomic mass is 19.4. The van der Waals surface area contributed by atoms with E-state index in [-0.39, 0.29) is 11.1 Å². The first-order valence-corrected chi connectivity index (χ1v) is 14.1. The van der Waals surface area contributed by atoms with Crippen LogP contribution in [-0.4, -0.2) is 12.8 Å². The van der Waals surface area contributed by atoms with E-state index in [9.17, 15) is 26.3 Å². The SMILES string of the molecule is CCCCC1CCC(C2CCC(COc3ccc(-c4cc(F)c(C#CC(F)(F)F)c(F)c4)c(F)c3)CC2)CC1. The monoisotopic (exact) mass is 550 g/mol. The Morgan fingerprint density at radius 2 is 1.38 bits per heavy atom. The van der Waals surface area contributed by atoms with Crippen LogP contribution in [0.25, 0.3) is 11.1 Å². The Labute approximate surface area is 227 Å². The summed E-state index contributed by atoms with van der Waals surface area (Å²) in [5.41, 5.74) is -1.23. The van der Waals surface area contributed by atoms with Gasteiger partial charge in [0.25, 0.3) is 0 Å². The molecule has 2 aliphatic rings. The van der Waals surface area contributed by atoms with Gasteiger partial charge in [-0.25, -0.2) is 13.2 Å². The Morgan fingerprint density at radius 3 is 1.92 bits per heavy atom. The number of rotatable bonds is 8. The van der Waals surface area contributed by atoms with Crippen molar-refractivity contribution in [1.29, 1.82) is 0 Å². The molecule has 0 N–H and O–H groups in total. The van der Waals surface area contributed by atoms with E-state index >= 15 is 0 Å². The predicted octanol–water partition coefficient (Wildman–Crippen LogP) is 9.87. The third-order valence-corrected chi connectivity index (χ3v) is 8.52. The summed E-state index contributed by atoms with van der Waals surface area (Å²) in [7, 11) is 0. The Balaban J connectivity index is 1.28. The van der Waals surface area contributed by atoms with Gasteiger partial charge in [-0.2, -0.15) is 13.2 Å². The number of alkyl halides is 3. The third kappa shape index (κ3) is 8.19. The van der Waals surface area contributed by atoms with E-state index in [0.29, 0.717) is 18.3 Å². The number of benzene rings is 2. The van der Waals surface area contributed by atoms with Crippen LogP contribution in [-0.2, 0) is 0 Å². The van der Waals surface area contributed by atoms with Crippen molar-refractivity contribution in [2.24, 2.45) is 23.7 Å². The van der Waals surface area contributed by atoms with E-state index in [0.717, 1.165) is 48.6 Å². The van der Waals surface area contributed by atoms with Crippen LogP contribution in [0.15, 0.2) is 30.3 Å². The fraction of sp³-hybridized carbons (Fsp3) is 0.562. The molecule has 0 bridgehead atoms. The molecule has 4 rings (SSSR count). The van der Waals surface area contributed by atoms with Crippen molar-refractivity contribution < 1.29 is 31.1 Å². The second-order valence-corrected chi connectivity index (χ2v) is 11.2. The van der Waals surface area contributed by atoms with E-state index in [2.05, 4.69) is 6.92 Å². The Morgan fingerprint density at radius 1 is 0.795 bits per heavy atom. The summed E-state index contributed by atoms with van der Waals surface area (Å²) < 4.78 is 86.0. The van der Waals surface area contributed by atoms with Gasteiger partial charge in [0.15, 0.2) is 0 Å². The molecule has 0 amide bonds. The lowest BCUT2D eigenvalue weighted by Crippen LogP contribution is -2.27. The summed E-state index contributed by atoms with van der Waals surface area (Å²) >= 11 is 0. The predicted molar refractivity (Wildman–Crippen MR) is 141 cm³/mol. The van der Waals surface area contributed by atoms with Gasteiger partial charge in [0, 0.05) is 17.6 Å². The summed E-state index contributed by atoms with van der Waals surface area (Å²) in [5.74, 6) is 2.32. The second-order valence-electron chi connectivity index (χ2n) is 11.2. The van der Waals surface area contributed by atoms with Gasteiger partial charge in [0.2, 0.25) is 0 Å². The van der Waals surface area contributed by atoms with Gasteiger partial charge in [-0.05, 0) is 92.0 Å². The minimum absolute atomic E-state index is 0.0830. The molecular formula is C32H36F6O. The average Bonchev–Trinajstić information content (AvgIpc) is 2.90. The van der Waals surface area contributed by atoms with Gasteiger partial charge in [-0.1, -0.05) is 44.9 Å². The maximum Gasteiger partial charge on any atom is 0.458 e. The minimum atomic E-state index is -4.88. The smallest absolute Gasteiger partial charge is 0.458 e. The van der Waals surface area contributed by atoms with Gasteiger partial charge >= 0.3 is 6.18 Å². The van der Waals surface area contributed by atoms with Gasteiger partial charge < -0.3 is 4.74 Å². The van der Waals surface area contributed by atoms with Crippen LogP contribution in [0.5, 0.6) is 5.75 Å². The summed E-state index contributed by atoms with van der Waals surface area (Å²) in [4.78, 5) is 0. The molecule has 2 saturated carbocycles. The number of ether oxygens (including phenoxy) is 1. The first-order chi connectivity index (χ1) is 18.6. The van der Waals surface area contributed by atoms with Crippen LogP contribution in [0, 0.1) is 53.0 Å². The Hall–Kier alpha value is -2.62. The van der Waals surface area contributed by atoms with Crippen molar-refractivity contribution in [2.45, 2.75) is 83.7 Å². The molecule has 0 aromatic heterocycles. The molecule has 2 aliphatic carbocycles. The van der Waals surface area contributed by atoms with Crippen LogP contribution in [0.3, 0.4) is 0 Å². The summed E-state index contributed by atoms with van der Waals surface area (Å²) in [6.45, 7) is 2.75. The highest BCUT2D eigenvalue weighted by molar-refractivity contribution is 5.66. The zero-order valence-corrected chi connectivity index (χ0v) is 22.4. The molecule has 0 radical (unpaired) electrons. The van der Waals surface area contributed by atoms with Crippen molar-refractivity contribution >= 4 is 0 Å². The zero-order valence-electron chi connectivity index (χ0n) is 22.4. The molecule has 0 atom stereocenters. The van der Waals surface area contributed by atoms with Crippen LogP contribution >= 0.6 is 0 Å². The zero-order chi connectivity index (χ0) is 28.0. The van der Waals surface area contributed by atoms with E-state index in [1.165, 1.54) is 81.9 Å². The van der Waals surface area contributed by atoms with Crippen molar-refractivity contribution in [2.75, 3.05) is 6.61 Å². The molecule has 7 heteroatoms. The average molecular weight is 551 g/mol. The largest absolute Gasteiger partial charge is 0.493 e. The number of hydrogen-bond donors (Lipinski definition) is 0. The lowest BCUT2D eigenvalue weighted by molar-refractivity contribution is -0.0696. The lowest BCUT2D eigenvalue weighted by atomic mass is 9.69. The van der Waals surface area contributed by atoms with E-state index < -0.39 is 29.2 Å². The molecule has 2 aromatic carbocycles. The van der Waals surface area contributed by atoms with Gasteiger partial charge in [-0.3, -0.25) is 0 Å². The topological polar surface area (TPSA) is 9.23 Å². The highest BCUT2D eigenvalue weighted by Gasteiger charge is 2.31. The number of halogens is 6. The second kappa shape index (κ2) is 13.2. The summed E-state index contributed by atoms with van der Waals surface area (Å²) in [5, 5.41) is 0. The van der Waals surface area contributed by atoms with E-state index in [1.54, 1.807) is 0 Å². The van der Waals surface area contributed by atoms with Gasteiger partial charge in [-0.15, -0.1) is 0 Å². The van der Waals surface area contributed by atoms with Crippen molar-refractivity contribution in [1.82, 2.24) is 0 Å². The molecule has 0 saturated heterocycles. The molecular weight excluding hydrogens is 514 g/mol. The maximum atomic E-state index is 14.8. The minimum Gasteiger partial charge on any atom is -0.493 e. The molecule has 0 spiro atoms. The molecule has 0 aliphatic heterocycles. The highest BCUT2D eigenvalue weighted by Crippen LogP contribution is 2.42. The van der Waals surface area contributed by atoms with Crippen LogP contribution in [0.1, 0.15) is 83.1 Å². The summed E-state index contributed by atoms with van der Waals surface area (Å²) in [6, 6.07) is 5.62. The Kier molecular flexibility index (Phi) is 9.91. The van der Waals surface area contributed by atoms with Crippen LogP contribution < -0.4 is 4.74 Å². The van der Waals surface area contributed by atoms with Gasteiger partial charge in [0.1, 0.15) is 23.2 Å². The molecule has 0 heterocycles. The molecule has 39 heavy (non-hydrogen) atoms. The Bertz CT molecular complexity index is 1140. The molecule has 0 unspecified atom stereocenters. The molecule has 2 fully saturated rings.